The van der Waals surface area contributed by atoms with Crippen LogP contribution in [0.25, 0.3) is 10.8 Å². The summed E-state index contributed by atoms with van der Waals surface area (Å²) in [5, 5.41) is 15.2. The molecule has 2 aliphatic rings. The number of hydrogen-bond acceptors (Lipinski definition) is 8. The minimum absolute atomic E-state index is 0.00268. The van der Waals surface area contributed by atoms with Crippen molar-refractivity contribution >= 4 is 28.7 Å². The molecule has 4 rings (SSSR count). The largest absolute Gasteiger partial charge is 0.497 e. The van der Waals surface area contributed by atoms with Crippen LogP contribution in [0, 0.1) is 0 Å². The summed E-state index contributed by atoms with van der Waals surface area (Å²) in [5.41, 5.74) is -2.72. The molecule has 11 heteroatoms. The second-order valence-corrected chi connectivity index (χ2v) is 11.3. The number of methoxy groups -OCH3 is 1. The van der Waals surface area contributed by atoms with Crippen molar-refractivity contribution in [3.63, 3.8) is 0 Å². The number of benzene rings is 1. The maximum atomic E-state index is 14.5. The van der Waals surface area contributed by atoms with Crippen molar-refractivity contribution in [3.05, 3.63) is 30.5 Å². The van der Waals surface area contributed by atoms with Gasteiger partial charge in [0.1, 0.15) is 11.4 Å². The van der Waals surface area contributed by atoms with Gasteiger partial charge in [-0.3, -0.25) is 14.5 Å². The Morgan fingerprint density at radius 2 is 2.00 bits per heavy atom. The normalized spacial score (nSPS) is 19.7. The Kier molecular flexibility index (Phi) is 8.72. The lowest BCUT2D eigenvalue weighted by atomic mass is 10.1. The molecule has 3 amide bonds. The fourth-order valence-corrected chi connectivity index (χ4v) is 4.75. The Labute approximate surface area is 234 Å². The van der Waals surface area contributed by atoms with E-state index in [9.17, 15) is 19.5 Å². The molecule has 0 unspecified atom stereocenters. The van der Waals surface area contributed by atoms with E-state index in [0.29, 0.717) is 24.0 Å². The molecule has 0 radical (unpaired) electrons. The number of rotatable bonds is 10. The third kappa shape index (κ3) is 6.41. The Morgan fingerprint density at radius 3 is 2.65 bits per heavy atom. The minimum Gasteiger partial charge on any atom is -0.497 e. The number of aliphatic hydroxyl groups excluding tert-OH is 1. The van der Waals surface area contributed by atoms with Crippen molar-refractivity contribution in [2.45, 2.75) is 89.8 Å². The van der Waals surface area contributed by atoms with Crippen molar-refractivity contribution in [2.75, 3.05) is 20.2 Å². The van der Waals surface area contributed by atoms with Crippen molar-refractivity contribution in [3.8, 4) is 11.6 Å². The highest BCUT2D eigenvalue weighted by Gasteiger charge is 2.57. The van der Waals surface area contributed by atoms with E-state index in [-0.39, 0.29) is 31.4 Å². The van der Waals surface area contributed by atoms with E-state index >= 15 is 0 Å². The number of fused-ring (bicyclic) bond motifs is 1. The maximum Gasteiger partial charge on any atom is 0.413 e. The molecular weight excluding hydrogens is 516 g/mol. The summed E-state index contributed by atoms with van der Waals surface area (Å²) in [6.45, 7) is 7.45. The molecule has 0 bridgehead atoms. The van der Waals surface area contributed by atoms with Gasteiger partial charge in [-0.05, 0) is 76.1 Å². The molecule has 1 aliphatic heterocycles. The van der Waals surface area contributed by atoms with E-state index < -0.39 is 35.5 Å². The second kappa shape index (κ2) is 11.9. The van der Waals surface area contributed by atoms with Gasteiger partial charge in [0.05, 0.1) is 7.11 Å². The number of amides is 3. The quantitative estimate of drug-likeness (QED) is 0.425. The first-order valence-electron chi connectivity index (χ1n) is 13.9. The molecular formula is C29H40N4O7. The molecule has 1 saturated heterocycles. The van der Waals surface area contributed by atoms with E-state index in [2.05, 4.69) is 10.3 Å². The molecule has 1 aromatic carbocycles. The van der Waals surface area contributed by atoms with Crippen molar-refractivity contribution in [2.24, 2.45) is 0 Å². The van der Waals surface area contributed by atoms with Crippen LogP contribution in [0.1, 0.15) is 66.2 Å². The molecule has 1 aliphatic carbocycles. The number of unbranched alkanes of at least 4 members (excludes halogenated alkanes) is 1. The average Bonchev–Trinajstić information content (AvgIpc) is 3.62. The summed E-state index contributed by atoms with van der Waals surface area (Å²) in [6.07, 6.45) is 2.56. The zero-order valence-corrected chi connectivity index (χ0v) is 23.9. The number of ether oxygens (including phenoxy) is 3. The van der Waals surface area contributed by atoms with Crippen molar-refractivity contribution < 1.29 is 33.7 Å². The first-order valence-corrected chi connectivity index (χ1v) is 13.9. The Balaban J connectivity index is 1.78. The van der Waals surface area contributed by atoms with E-state index in [0.717, 1.165) is 29.5 Å². The summed E-state index contributed by atoms with van der Waals surface area (Å²) in [5.74, 6) is -0.576. The molecule has 218 valence electrons. The second-order valence-electron chi connectivity index (χ2n) is 11.3. The molecule has 2 fully saturated rings. The lowest BCUT2D eigenvalue weighted by Gasteiger charge is -2.41. The van der Waals surface area contributed by atoms with E-state index in [4.69, 9.17) is 14.2 Å². The zero-order valence-electron chi connectivity index (χ0n) is 23.9. The summed E-state index contributed by atoms with van der Waals surface area (Å²) < 4.78 is 17.5. The van der Waals surface area contributed by atoms with Crippen LogP contribution >= 0.6 is 0 Å². The van der Waals surface area contributed by atoms with Crippen LogP contribution in [-0.4, -0.2) is 81.6 Å². The number of likely N-dealkylation sites (tertiary alicyclic amines) is 1. The molecule has 40 heavy (non-hydrogen) atoms. The molecule has 2 heterocycles. The van der Waals surface area contributed by atoms with Gasteiger partial charge in [-0.1, -0.05) is 13.3 Å². The number of hydrogen-bond donors (Lipinski definition) is 2. The van der Waals surface area contributed by atoms with Crippen molar-refractivity contribution in [1.29, 1.82) is 0 Å². The molecule has 1 saturated carbocycles. The van der Waals surface area contributed by atoms with Gasteiger partial charge in [0.25, 0.3) is 17.5 Å². The number of nitrogens with one attached hydrogen (secondary N) is 1. The molecule has 2 atom stereocenters. The van der Waals surface area contributed by atoms with Crippen LogP contribution in [0.3, 0.4) is 0 Å². The predicted octanol–water partition coefficient (Wildman–Crippen LogP) is 3.58. The lowest BCUT2D eigenvalue weighted by molar-refractivity contribution is -0.175. The van der Waals surface area contributed by atoms with Crippen LogP contribution in [0.2, 0.25) is 0 Å². The van der Waals surface area contributed by atoms with Gasteiger partial charge < -0.3 is 29.5 Å². The number of pyridine rings is 1. The average molecular weight is 557 g/mol. The third-order valence-electron chi connectivity index (χ3n) is 6.95. The van der Waals surface area contributed by atoms with Gasteiger partial charge in [-0.2, -0.15) is 0 Å². The fourth-order valence-electron chi connectivity index (χ4n) is 4.75. The van der Waals surface area contributed by atoms with Crippen molar-refractivity contribution in [1.82, 2.24) is 20.1 Å². The first-order chi connectivity index (χ1) is 19.0. The van der Waals surface area contributed by atoms with E-state index in [1.807, 2.05) is 13.0 Å². The molecule has 11 nitrogen and oxygen atoms in total. The SMILES string of the molecule is CCCCN(C(=O)[C@@]1(Oc2nccc3cc(OC)ccc23)CCCN1C(=O)OC(C)(C)C)[C@@H](O)C(=O)NC1CC1. The van der Waals surface area contributed by atoms with Gasteiger partial charge in [0.15, 0.2) is 0 Å². The van der Waals surface area contributed by atoms with E-state index in [1.54, 1.807) is 52.3 Å². The highest BCUT2D eigenvalue weighted by Crippen LogP contribution is 2.38. The third-order valence-corrected chi connectivity index (χ3v) is 6.95. The van der Waals surface area contributed by atoms with Crippen LogP contribution in [0.4, 0.5) is 4.79 Å². The fraction of sp³-hybridized carbons (Fsp3) is 0.586. The van der Waals surface area contributed by atoms with Gasteiger partial charge in [0, 0.05) is 37.1 Å². The molecule has 2 aromatic rings. The minimum atomic E-state index is -1.89. The smallest absolute Gasteiger partial charge is 0.413 e. The Bertz CT molecular complexity index is 1240. The number of aliphatic hydroxyl groups is 1. The molecule has 0 spiro atoms. The zero-order chi connectivity index (χ0) is 29.1. The number of aromatic nitrogens is 1. The lowest BCUT2D eigenvalue weighted by Crippen LogP contribution is -2.65. The van der Waals surface area contributed by atoms with Gasteiger partial charge >= 0.3 is 6.09 Å². The number of carbonyl (C=O) groups is 3. The van der Waals surface area contributed by atoms with Crippen LogP contribution in [-0.2, 0) is 14.3 Å². The first kappa shape index (κ1) is 29.4. The topological polar surface area (TPSA) is 131 Å². The summed E-state index contributed by atoms with van der Waals surface area (Å²) in [4.78, 5) is 47.7. The van der Waals surface area contributed by atoms with E-state index in [1.165, 1.54) is 4.90 Å². The molecule has 1 aromatic heterocycles. The van der Waals surface area contributed by atoms with Gasteiger partial charge in [-0.25, -0.2) is 9.78 Å². The molecule has 2 N–H and O–H groups in total. The summed E-state index contributed by atoms with van der Waals surface area (Å²) >= 11 is 0. The highest BCUT2D eigenvalue weighted by atomic mass is 16.6. The standard InChI is InChI=1S/C29H40N4O7/c1-6-7-16-32(25(35)23(34)31-20-9-10-20)26(36)29(14-8-17-33(29)27(37)40-28(2,3)4)39-24-22-12-11-21(38-5)18-19(22)13-15-30-24/h11-13,15,18,20,25,35H,6-10,14,16-17H2,1-5H3,(H,31,34)/t25-,29-/m0/s1. The Morgan fingerprint density at radius 1 is 1.25 bits per heavy atom. The number of carbonyl (C=O) groups excluding carboxylic acids is 3. The summed E-state index contributed by atoms with van der Waals surface area (Å²) in [7, 11) is 1.57. The van der Waals surface area contributed by atoms with Gasteiger partial charge in [-0.15, -0.1) is 0 Å². The van der Waals surface area contributed by atoms with Gasteiger partial charge in [0.2, 0.25) is 12.1 Å². The van der Waals surface area contributed by atoms with Crippen LogP contribution in [0.5, 0.6) is 11.6 Å². The van der Waals surface area contributed by atoms with Crippen LogP contribution < -0.4 is 14.8 Å². The highest BCUT2D eigenvalue weighted by molar-refractivity contribution is 5.94. The number of nitrogens with zero attached hydrogens (tertiary/aromatic N) is 3. The van der Waals surface area contributed by atoms with Crippen LogP contribution in [0.15, 0.2) is 30.5 Å². The Hall–Kier alpha value is -3.60. The summed E-state index contributed by atoms with van der Waals surface area (Å²) in [6, 6.07) is 7.13. The predicted molar refractivity (Wildman–Crippen MR) is 148 cm³/mol. The maximum absolute atomic E-state index is 14.5. The monoisotopic (exact) mass is 556 g/mol.